The highest BCUT2D eigenvalue weighted by Gasteiger charge is 2.39. The predicted molar refractivity (Wildman–Crippen MR) is 115 cm³/mol. The molecule has 2 aliphatic rings. The van der Waals surface area contributed by atoms with Gasteiger partial charge in [-0.1, -0.05) is 48.5 Å². The third kappa shape index (κ3) is 4.13. The summed E-state index contributed by atoms with van der Waals surface area (Å²) in [5.41, 5.74) is 3.33. The number of nitrogens with one attached hydrogen (secondary N) is 2. The van der Waals surface area contributed by atoms with E-state index in [0.717, 1.165) is 11.1 Å². The molecule has 7 nitrogen and oxygen atoms in total. The van der Waals surface area contributed by atoms with E-state index in [-0.39, 0.29) is 30.4 Å². The first kappa shape index (κ1) is 20.9. The third-order valence-electron chi connectivity index (χ3n) is 6.14. The van der Waals surface area contributed by atoms with Crippen LogP contribution in [0.2, 0.25) is 0 Å². The topological polar surface area (TPSA) is 105 Å². The molecule has 162 valence electrons. The summed E-state index contributed by atoms with van der Waals surface area (Å²) in [6.45, 7) is 3.12. The van der Waals surface area contributed by atoms with Crippen molar-refractivity contribution in [3.63, 3.8) is 0 Å². The average Bonchev–Trinajstić information content (AvgIpc) is 3.02. The van der Waals surface area contributed by atoms with Crippen molar-refractivity contribution in [2.24, 2.45) is 5.92 Å². The maximum atomic E-state index is 12.3. The van der Waals surface area contributed by atoms with Gasteiger partial charge in [0.25, 0.3) is 0 Å². The molecule has 0 unspecified atom stereocenters. The lowest BCUT2D eigenvalue weighted by Gasteiger charge is -2.36. The van der Waals surface area contributed by atoms with Gasteiger partial charge in [-0.15, -0.1) is 0 Å². The number of carboxylic acid groups (broad SMARTS) is 1. The van der Waals surface area contributed by atoms with Crippen LogP contribution in [0.5, 0.6) is 0 Å². The average molecular weight is 422 g/mol. The SMILES string of the molecule is CC(C)(NC(=O)C1CC(NC(=O)OCC2c3ccccc3-c3ccccc32)C1)C(=O)O. The van der Waals surface area contributed by atoms with E-state index >= 15 is 0 Å². The summed E-state index contributed by atoms with van der Waals surface area (Å²) >= 11 is 0. The number of alkyl carbamates (subject to hydrolysis) is 1. The van der Waals surface area contributed by atoms with Crippen molar-refractivity contribution >= 4 is 18.0 Å². The van der Waals surface area contributed by atoms with Crippen LogP contribution >= 0.6 is 0 Å². The van der Waals surface area contributed by atoms with Gasteiger partial charge in [0.1, 0.15) is 12.1 Å². The van der Waals surface area contributed by atoms with E-state index in [0.29, 0.717) is 12.8 Å². The van der Waals surface area contributed by atoms with Gasteiger partial charge >= 0.3 is 12.1 Å². The summed E-state index contributed by atoms with van der Waals surface area (Å²) in [5, 5.41) is 14.4. The molecule has 0 saturated heterocycles. The second-order valence-electron chi connectivity index (χ2n) is 8.75. The normalized spacial score (nSPS) is 19.5. The fourth-order valence-electron chi connectivity index (χ4n) is 4.22. The molecule has 4 rings (SSSR count). The van der Waals surface area contributed by atoms with Crippen molar-refractivity contribution in [1.29, 1.82) is 0 Å². The van der Waals surface area contributed by atoms with Crippen molar-refractivity contribution in [2.45, 2.75) is 44.2 Å². The zero-order valence-electron chi connectivity index (χ0n) is 17.6. The molecule has 31 heavy (non-hydrogen) atoms. The van der Waals surface area contributed by atoms with Crippen molar-refractivity contribution < 1.29 is 24.2 Å². The molecule has 2 aromatic rings. The first-order valence-corrected chi connectivity index (χ1v) is 10.4. The number of benzene rings is 2. The molecular formula is C24H26N2O5. The Balaban J connectivity index is 1.28. The Labute approximate surface area is 180 Å². The minimum atomic E-state index is -1.32. The van der Waals surface area contributed by atoms with Gasteiger partial charge in [-0.05, 0) is 48.9 Å². The van der Waals surface area contributed by atoms with Crippen LogP contribution in [-0.2, 0) is 14.3 Å². The molecule has 2 aromatic carbocycles. The largest absolute Gasteiger partial charge is 0.480 e. The quantitative estimate of drug-likeness (QED) is 0.663. The fourth-order valence-corrected chi connectivity index (χ4v) is 4.22. The molecule has 2 aliphatic carbocycles. The lowest BCUT2D eigenvalue weighted by molar-refractivity contribution is -0.147. The number of fused-ring (bicyclic) bond motifs is 3. The number of aliphatic carboxylic acids is 1. The van der Waals surface area contributed by atoms with Gasteiger partial charge in [-0.3, -0.25) is 4.79 Å². The second-order valence-corrected chi connectivity index (χ2v) is 8.75. The highest BCUT2D eigenvalue weighted by molar-refractivity contribution is 5.88. The number of hydrogen-bond acceptors (Lipinski definition) is 4. The van der Waals surface area contributed by atoms with Crippen LogP contribution < -0.4 is 10.6 Å². The van der Waals surface area contributed by atoms with Gasteiger partial charge in [0.05, 0.1) is 0 Å². The van der Waals surface area contributed by atoms with Crippen LogP contribution in [0.25, 0.3) is 11.1 Å². The first-order valence-electron chi connectivity index (χ1n) is 10.4. The number of carbonyl (C=O) groups is 3. The van der Waals surface area contributed by atoms with E-state index in [9.17, 15) is 14.4 Å². The summed E-state index contributed by atoms with van der Waals surface area (Å²) < 4.78 is 5.53. The lowest BCUT2D eigenvalue weighted by atomic mass is 9.79. The number of hydrogen-bond donors (Lipinski definition) is 3. The maximum absolute atomic E-state index is 12.3. The van der Waals surface area contributed by atoms with E-state index in [1.54, 1.807) is 0 Å². The third-order valence-corrected chi connectivity index (χ3v) is 6.14. The summed E-state index contributed by atoms with van der Waals surface area (Å²) in [6, 6.07) is 16.1. The number of carbonyl (C=O) groups excluding carboxylic acids is 2. The summed E-state index contributed by atoms with van der Waals surface area (Å²) in [4.78, 5) is 35.6. The smallest absolute Gasteiger partial charge is 0.407 e. The van der Waals surface area contributed by atoms with Crippen molar-refractivity contribution in [3.05, 3.63) is 59.7 Å². The van der Waals surface area contributed by atoms with Gasteiger partial charge in [-0.25, -0.2) is 9.59 Å². The lowest BCUT2D eigenvalue weighted by Crippen LogP contribution is -2.56. The Morgan fingerprint density at radius 2 is 1.55 bits per heavy atom. The number of carboxylic acids is 1. The molecule has 1 saturated carbocycles. The van der Waals surface area contributed by atoms with Gasteiger partial charge in [-0.2, -0.15) is 0 Å². The predicted octanol–water partition coefficient (Wildman–Crippen LogP) is 3.28. The zero-order valence-corrected chi connectivity index (χ0v) is 17.6. The molecule has 0 atom stereocenters. The van der Waals surface area contributed by atoms with Crippen molar-refractivity contribution in [3.8, 4) is 11.1 Å². The van der Waals surface area contributed by atoms with Crippen molar-refractivity contribution in [2.75, 3.05) is 6.61 Å². The fraction of sp³-hybridized carbons (Fsp3) is 0.375. The summed E-state index contributed by atoms with van der Waals surface area (Å²) in [6.07, 6.45) is 0.425. The molecule has 0 radical (unpaired) electrons. The molecule has 0 aliphatic heterocycles. The van der Waals surface area contributed by atoms with Crippen LogP contribution in [0.1, 0.15) is 43.7 Å². The van der Waals surface area contributed by atoms with E-state index in [4.69, 9.17) is 9.84 Å². The highest BCUT2D eigenvalue weighted by Crippen LogP contribution is 2.44. The van der Waals surface area contributed by atoms with E-state index in [1.807, 2.05) is 24.3 Å². The number of ether oxygens (including phenoxy) is 1. The Hall–Kier alpha value is -3.35. The van der Waals surface area contributed by atoms with Crippen LogP contribution in [0, 0.1) is 5.92 Å². The first-order chi connectivity index (χ1) is 14.8. The number of amides is 2. The van der Waals surface area contributed by atoms with Gasteiger partial charge in [0, 0.05) is 17.9 Å². The minimum absolute atomic E-state index is 0.00341. The van der Waals surface area contributed by atoms with E-state index in [2.05, 4.69) is 34.9 Å². The molecule has 2 amide bonds. The Kier molecular flexibility index (Phi) is 5.43. The molecule has 0 spiro atoms. The summed E-state index contributed by atoms with van der Waals surface area (Å²) in [5.74, 6) is -1.71. The minimum Gasteiger partial charge on any atom is -0.480 e. The molecule has 0 bridgehead atoms. The zero-order chi connectivity index (χ0) is 22.2. The highest BCUT2D eigenvalue weighted by atomic mass is 16.5. The van der Waals surface area contributed by atoms with Crippen LogP contribution in [0.15, 0.2) is 48.5 Å². The van der Waals surface area contributed by atoms with Gasteiger partial charge < -0.3 is 20.5 Å². The summed E-state index contributed by atoms with van der Waals surface area (Å²) in [7, 11) is 0. The molecule has 7 heteroatoms. The molecule has 3 N–H and O–H groups in total. The van der Waals surface area contributed by atoms with Crippen LogP contribution in [0.4, 0.5) is 4.79 Å². The maximum Gasteiger partial charge on any atom is 0.407 e. The second kappa shape index (κ2) is 8.06. The van der Waals surface area contributed by atoms with Crippen LogP contribution in [-0.4, -0.2) is 41.3 Å². The van der Waals surface area contributed by atoms with Crippen LogP contribution in [0.3, 0.4) is 0 Å². The van der Waals surface area contributed by atoms with E-state index < -0.39 is 17.6 Å². The van der Waals surface area contributed by atoms with Crippen molar-refractivity contribution in [1.82, 2.24) is 10.6 Å². The Bertz CT molecular complexity index is 981. The van der Waals surface area contributed by atoms with Gasteiger partial charge in [0.2, 0.25) is 5.91 Å². The van der Waals surface area contributed by atoms with E-state index in [1.165, 1.54) is 25.0 Å². The standard InChI is InChI=1S/C24H26N2O5/c1-24(2,22(28)29)26-21(27)14-11-15(12-14)25-23(30)31-13-20-18-9-5-3-7-16(18)17-8-4-6-10-19(17)20/h3-10,14-15,20H,11-13H2,1-2H3,(H,25,30)(H,26,27)(H,28,29). The Morgan fingerprint density at radius 1 is 1.00 bits per heavy atom. The molecule has 0 heterocycles. The monoisotopic (exact) mass is 422 g/mol. The Morgan fingerprint density at radius 3 is 2.10 bits per heavy atom. The number of rotatable bonds is 6. The van der Waals surface area contributed by atoms with Gasteiger partial charge in [0.15, 0.2) is 0 Å². The molecular weight excluding hydrogens is 396 g/mol. The molecule has 0 aromatic heterocycles. The molecule has 1 fully saturated rings.